The van der Waals surface area contributed by atoms with Crippen LogP contribution in [0, 0.1) is 17.8 Å². The van der Waals surface area contributed by atoms with E-state index in [1.807, 2.05) is 6.07 Å². The first-order valence-electron chi connectivity index (χ1n) is 10.4. The van der Waals surface area contributed by atoms with Crippen LogP contribution in [0.5, 0.6) is 0 Å². The van der Waals surface area contributed by atoms with Gasteiger partial charge < -0.3 is 4.74 Å². The first-order valence-corrected chi connectivity index (χ1v) is 10.4. The summed E-state index contributed by atoms with van der Waals surface area (Å²) in [5.41, 5.74) is 2.81. The molecule has 144 valence electrons. The average molecular weight is 357 g/mol. The summed E-state index contributed by atoms with van der Waals surface area (Å²) in [6.45, 7) is 8.82. The fourth-order valence-corrected chi connectivity index (χ4v) is 4.01. The van der Waals surface area contributed by atoms with Crippen LogP contribution in [-0.4, -0.2) is 12.1 Å². The summed E-state index contributed by atoms with van der Waals surface area (Å²) in [5.74, 6) is 1.63. The van der Waals surface area contributed by atoms with Gasteiger partial charge in [0, 0.05) is 6.42 Å². The molecule has 0 aliphatic heterocycles. The topological polar surface area (TPSA) is 26.3 Å². The van der Waals surface area contributed by atoms with E-state index in [0.717, 1.165) is 25.2 Å². The number of benzene rings is 1. The normalized spacial score (nSPS) is 20.8. The number of allylic oxidation sites excluding steroid dienone is 2. The molecule has 2 heteroatoms. The number of hydrogen-bond acceptors (Lipinski definition) is 2. The molecule has 0 bridgehead atoms. The van der Waals surface area contributed by atoms with Gasteiger partial charge in [0.15, 0.2) is 0 Å². The van der Waals surface area contributed by atoms with E-state index in [9.17, 15) is 4.79 Å². The lowest BCUT2D eigenvalue weighted by Gasteiger charge is -2.29. The van der Waals surface area contributed by atoms with Crippen molar-refractivity contribution in [2.45, 2.75) is 78.7 Å². The standard InChI is InChI=1S/C24H36O2/c1-5-23(17-20(4)22-13-11-18(2)12-14-22)26-24(25)16-19(3)15-21-9-7-6-8-10-21/h6-11,19-20,22-23H,5,12-17H2,1-4H3. The van der Waals surface area contributed by atoms with E-state index >= 15 is 0 Å². The highest BCUT2D eigenvalue weighted by Gasteiger charge is 2.24. The monoisotopic (exact) mass is 356 g/mol. The van der Waals surface area contributed by atoms with E-state index in [4.69, 9.17) is 4.74 Å². The molecule has 2 nitrogen and oxygen atoms in total. The van der Waals surface area contributed by atoms with Crippen molar-refractivity contribution < 1.29 is 9.53 Å². The summed E-state index contributed by atoms with van der Waals surface area (Å²) in [7, 11) is 0. The molecule has 26 heavy (non-hydrogen) atoms. The molecule has 0 N–H and O–H groups in total. The second-order valence-corrected chi connectivity index (χ2v) is 8.32. The van der Waals surface area contributed by atoms with Crippen LogP contribution in [0.15, 0.2) is 42.0 Å². The highest BCUT2D eigenvalue weighted by atomic mass is 16.5. The molecule has 0 amide bonds. The Morgan fingerprint density at radius 3 is 2.58 bits per heavy atom. The lowest BCUT2D eigenvalue weighted by Crippen LogP contribution is -2.25. The maximum absolute atomic E-state index is 12.4. The molecule has 1 aliphatic rings. The Kier molecular flexibility index (Phi) is 8.41. The summed E-state index contributed by atoms with van der Waals surface area (Å²) < 4.78 is 5.84. The zero-order valence-corrected chi connectivity index (χ0v) is 17.0. The average Bonchev–Trinajstić information content (AvgIpc) is 2.62. The Labute approximate surface area is 160 Å². The van der Waals surface area contributed by atoms with Gasteiger partial charge in [-0.05, 0) is 68.8 Å². The molecule has 0 spiro atoms. The van der Waals surface area contributed by atoms with E-state index in [2.05, 4.69) is 58.0 Å². The highest BCUT2D eigenvalue weighted by Crippen LogP contribution is 2.32. The number of carbonyl (C=O) groups excluding carboxylic acids is 1. The quantitative estimate of drug-likeness (QED) is 0.380. The fourth-order valence-electron chi connectivity index (χ4n) is 4.01. The third kappa shape index (κ3) is 6.97. The first kappa shape index (κ1) is 20.7. The summed E-state index contributed by atoms with van der Waals surface area (Å²) in [6, 6.07) is 10.4. The molecule has 1 aromatic rings. The number of hydrogen-bond donors (Lipinski definition) is 0. The van der Waals surface area contributed by atoms with Crippen molar-refractivity contribution >= 4 is 5.97 Å². The number of ether oxygens (including phenoxy) is 1. The molecule has 4 atom stereocenters. The number of esters is 1. The third-order valence-electron chi connectivity index (χ3n) is 5.81. The van der Waals surface area contributed by atoms with Crippen LogP contribution in [0.4, 0.5) is 0 Å². The van der Waals surface area contributed by atoms with Crippen LogP contribution in [0.3, 0.4) is 0 Å². The van der Waals surface area contributed by atoms with E-state index in [1.54, 1.807) is 0 Å². The number of carbonyl (C=O) groups is 1. The van der Waals surface area contributed by atoms with Gasteiger partial charge >= 0.3 is 5.97 Å². The van der Waals surface area contributed by atoms with Gasteiger partial charge in [-0.3, -0.25) is 4.79 Å². The molecule has 0 fully saturated rings. The van der Waals surface area contributed by atoms with Crippen molar-refractivity contribution in [1.29, 1.82) is 0 Å². The fraction of sp³-hybridized carbons (Fsp3) is 0.625. The SMILES string of the molecule is CCC(CC(C)C1CC=C(C)CC1)OC(=O)CC(C)Cc1ccccc1. The van der Waals surface area contributed by atoms with Crippen molar-refractivity contribution in [3.8, 4) is 0 Å². The van der Waals surface area contributed by atoms with Gasteiger partial charge in [-0.15, -0.1) is 0 Å². The van der Waals surface area contributed by atoms with Crippen LogP contribution >= 0.6 is 0 Å². The van der Waals surface area contributed by atoms with Crippen molar-refractivity contribution in [1.82, 2.24) is 0 Å². The second kappa shape index (κ2) is 10.5. The van der Waals surface area contributed by atoms with Crippen LogP contribution in [0.1, 0.15) is 71.8 Å². The summed E-state index contributed by atoms with van der Waals surface area (Å²) in [5, 5.41) is 0. The Hall–Kier alpha value is -1.57. The minimum Gasteiger partial charge on any atom is -0.462 e. The van der Waals surface area contributed by atoms with Gasteiger partial charge in [-0.2, -0.15) is 0 Å². The minimum atomic E-state index is -0.0353. The lowest BCUT2D eigenvalue weighted by molar-refractivity contribution is -0.151. The molecule has 0 aromatic heterocycles. The minimum absolute atomic E-state index is 0.0353. The van der Waals surface area contributed by atoms with E-state index in [-0.39, 0.29) is 12.1 Å². The van der Waals surface area contributed by atoms with Gasteiger partial charge in [0.05, 0.1) is 0 Å². The summed E-state index contributed by atoms with van der Waals surface area (Å²) in [4.78, 5) is 12.4. The molecule has 1 aliphatic carbocycles. The molecule has 1 aromatic carbocycles. The van der Waals surface area contributed by atoms with Crippen molar-refractivity contribution in [3.63, 3.8) is 0 Å². The van der Waals surface area contributed by atoms with Gasteiger partial charge in [0.2, 0.25) is 0 Å². The molecule has 0 radical (unpaired) electrons. The predicted molar refractivity (Wildman–Crippen MR) is 109 cm³/mol. The molecule has 2 rings (SSSR count). The molecule has 4 unspecified atom stereocenters. The lowest BCUT2D eigenvalue weighted by atomic mass is 9.79. The molecule has 0 saturated heterocycles. The molecule has 0 saturated carbocycles. The first-order chi connectivity index (χ1) is 12.5. The zero-order chi connectivity index (χ0) is 18.9. The summed E-state index contributed by atoms with van der Waals surface area (Å²) >= 11 is 0. The highest BCUT2D eigenvalue weighted by molar-refractivity contribution is 5.69. The largest absolute Gasteiger partial charge is 0.462 e. The number of rotatable bonds is 9. The molecular weight excluding hydrogens is 320 g/mol. The van der Waals surface area contributed by atoms with Gasteiger partial charge in [0.25, 0.3) is 0 Å². The van der Waals surface area contributed by atoms with E-state index in [0.29, 0.717) is 18.3 Å². The van der Waals surface area contributed by atoms with Crippen molar-refractivity contribution in [3.05, 3.63) is 47.5 Å². The Bertz CT molecular complexity index is 575. The zero-order valence-electron chi connectivity index (χ0n) is 17.0. The van der Waals surface area contributed by atoms with E-state index < -0.39 is 0 Å². The van der Waals surface area contributed by atoms with Crippen molar-refractivity contribution in [2.75, 3.05) is 0 Å². The maximum atomic E-state index is 12.4. The Balaban J connectivity index is 1.76. The van der Waals surface area contributed by atoms with Crippen LogP contribution in [-0.2, 0) is 16.0 Å². The summed E-state index contributed by atoms with van der Waals surface area (Å²) in [6.07, 6.45) is 9.48. The predicted octanol–water partition coefficient (Wildman–Crippen LogP) is 6.35. The smallest absolute Gasteiger partial charge is 0.306 e. The Morgan fingerprint density at radius 2 is 1.96 bits per heavy atom. The molecular formula is C24H36O2. The maximum Gasteiger partial charge on any atom is 0.306 e. The molecule has 0 heterocycles. The van der Waals surface area contributed by atoms with Crippen LogP contribution < -0.4 is 0 Å². The van der Waals surface area contributed by atoms with Gasteiger partial charge in [-0.25, -0.2) is 0 Å². The Morgan fingerprint density at radius 1 is 1.23 bits per heavy atom. The van der Waals surface area contributed by atoms with Crippen molar-refractivity contribution in [2.24, 2.45) is 17.8 Å². The van der Waals surface area contributed by atoms with Gasteiger partial charge in [0.1, 0.15) is 6.10 Å². The van der Waals surface area contributed by atoms with E-state index in [1.165, 1.54) is 30.4 Å². The van der Waals surface area contributed by atoms with Gasteiger partial charge in [-0.1, -0.05) is 62.8 Å². The van der Waals surface area contributed by atoms with Crippen LogP contribution in [0.25, 0.3) is 0 Å². The van der Waals surface area contributed by atoms with Crippen LogP contribution in [0.2, 0.25) is 0 Å². The second-order valence-electron chi connectivity index (χ2n) is 8.32. The third-order valence-corrected chi connectivity index (χ3v) is 5.81.